The summed E-state index contributed by atoms with van der Waals surface area (Å²) in [7, 11) is -1.77. The fourth-order valence-electron chi connectivity index (χ4n) is 6.86. The second-order valence-electron chi connectivity index (χ2n) is 10.8. The molecular formula is C31H28BNO8. The summed E-state index contributed by atoms with van der Waals surface area (Å²) in [5, 5.41) is 30.5. The van der Waals surface area contributed by atoms with Gasteiger partial charge in [-0.3, -0.25) is 24.1 Å². The molecule has 0 aromatic heterocycles. The highest BCUT2D eigenvalue weighted by Gasteiger charge is 2.57. The minimum Gasteiger partial charge on any atom is -0.504 e. The Hall–Kier alpha value is -4.28. The van der Waals surface area contributed by atoms with Crippen LogP contribution in [0.15, 0.2) is 76.9 Å². The van der Waals surface area contributed by atoms with Gasteiger partial charge in [-0.05, 0) is 62.3 Å². The molecule has 2 amide bonds. The molecule has 4 unspecified atom stereocenters. The third-order valence-corrected chi connectivity index (χ3v) is 8.63. The minimum absolute atomic E-state index is 0.114. The van der Waals surface area contributed by atoms with Crippen molar-refractivity contribution in [1.82, 2.24) is 0 Å². The molecule has 4 atom stereocenters. The predicted octanol–water partition coefficient (Wildman–Crippen LogP) is 2.10. The fourth-order valence-corrected chi connectivity index (χ4v) is 6.86. The molecule has 3 aliphatic carbocycles. The van der Waals surface area contributed by atoms with Gasteiger partial charge in [0.2, 0.25) is 11.8 Å². The number of imide groups is 1. The van der Waals surface area contributed by atoms with Crippen molar-refractivity contribution in [2.75, 3.05) is 11.5 Å². The molecule has 208 valence electrons. The number of benzene rings is 2. The molecule has 2 aromatic rings. The van der Waals surface area contributed by atoms with Gasteiger partial charge in [0.1, 0.15) is 0 Å². The van der Waals surface area contributed by atoms with Gasteiger partial charge in [-0.25, -0.2) is 0 Å². The van der Waals surface area contributed by atoms with E-state index < -0.39 is 42.6 Å². The number of amides is 2. The maximum absolute atomic E-state index is 14.0. The Morgan fingerprint density at radius 2 is 1.78 bits per heavy atom. The quantitative estimate of drug-likeness (QED) is 0.221. The van der Waals surface area contributed by atoms with Crippen LogP contribution in [0.5, 0.6) is 11.5 Å². The third-order valence-electron chi connectivity index (χ3n) is 8.63. The normalized spacial score (nSPS) is 25.4. The van der Waals surface area contributed by atoms with Crippen molar-refractivity contribution in [3.8, 4) is 11.5 Å². The minimum atomic E-state index is -1.77. The van der Waals surface area contributed by atoms with Gasteiger partial charge in [0.25, 0.3) is 0 Å². The number of aromatic hydroxyl groups is 1. The molecule has 1 aliphatic heterocycles. The van der Waals surface area contributed by atoms with Crippen LogP contribution in [0.2, 0.25) is 0 Å². The number of Topliss-reactive ketones (excluding diaryl/α,β-unsaturated/α-hetero) is 1. The number of phenols is 1. The Balaban J connectivity index is 1.48. The number of hydrogen-bond acceptors (Lipinski definition) is 8. The zero-order chi connectivity index (χ0) is 29.2. The Kier molecular flexibility index (Phi) is 6.55. The highest BCUT2D eigenvalue weighted by Crippen LogP contribution is 2.57. The maximum Gasteiger partial charge on any atom is 0.488 e. The number of ether oxygens (including phenoxy) is 1. The van der Waals surface area contributed by atoms with Gasteiger partial charge >= 0.3 is 7.12 Å². The molecule has 41 heavy (non-hydrogen) atoms. The lowest BCUT2D eigenvalue weighted by atomic mass is 9.59. The lowest BCUT2D eigenvalue weighted by Gasteiger charge is -2.42. The molecule has 0 saturated carbocycles. The highest BCUT2D eigenvalue weighted by atomic mass is 16.5. The number of phenolic OH excluding ortho intramolecular Hbond substituents is 1. The molecule has 1 heterocycles. The van der Waals surface area contributed by atoms with Crippen LogP contribution in [0, 0.1) is 17.8 Å². The molecule has 1 fully saturated rings. The van der Waals surface area contributed by atoms with Crippen LogP contribution in [0.4, 0.5) is 5.69 Å². The zero-order valence-corrected chi connectivity index (χ0v) is 22.5. The first-order chi connectivity index (χ1) is 19.6. The van der Waals surface area contributed by atoms with Crippen molar-refractivity contribution in [1.29, 1.82) is 0 Å². The molecule has 0 radical (unpaired) electrons. The summed E-state index contributed by atoms with van der Waals surface area (Å²) in [5.41, 5.74) is 2.36. The monoisotopic (exact) mass is 553 g/mol. The third kappa shape index (κ3) is 4.09. The lowest BCUT2D eigenvalue weighted by molar-refractivity contribution is -0.123. The maximum atomic E-state index is 14.0. The molecule has 1 saturated heterocycles. The van der Waals surface area contributed by atoms with E-state index in [-0.39, 0.29) is 52.6 Å². The van der Waals surface area contributed by atoms with Gasteiger partial charge in [0, 0.05) is 28.2 Å². The van der Waals surface area contributed by atoms with E-state index in [9.17, 15) is 34.3 Å². The first-order valence-corrected chi connectivity index (χ1v) is 13.6. The molecule has 9 nitrogen and oxygen atoms in total. The molecule has 0 spiro atoms. The molecule has 6 rings (SSSR count). The van der Waals surface area contributed by atoms with Crippen molar-refractivity contribution in [2.24, 2.45) is 17.8 Å². The number of para-hydroxylation sites is 1. The summed E-state index contributed by atoms with van der Waals surface area (Å²) < 4.78 is 5.60. The van der Waals surface area contributed by atoms with Gasteiger partial charge < -0.3 is 19.9 Å². The van der Waals surface area contributed by atoms with Gasteiger partial charge in [-0.2, -0.15) is 0 Å². The number of allylic oxidation sites excluding steroid dienone is 6. The molecule has 4 aliphatic rings. The summed E-state index contributed by atoms with van der Waals surface area (Å²) in [5.74, 6) is -4.20. The summed E-state index contributed by atoms with van der Waals surface area (Å²) in [6, 6.07) is 11.0. The number of anilines is 1. The second-order valence-corrected chi connectivity index (χ2v) is 10.8. The molecule has 10 heteroatoms. The Labute approximate surface area is 236 Å². The van der Waals surface area contributed by atoms with E-state index in [0.717, 1.165) is 4.90 Å². The van der Waals surface area contributed by atoms with E-state index in [1.165, 1.54) is 18.2 Å². The number of rotatable bonds is 5. The standard InChI is InChI=1S/C31H28BNO8/c1-3-41-24-9-5-8-19(29(24)36)25-18-10-11-20-26(21(18)14-22-27(25)23(34)12-15(2)28(22)35)31(38)33(30(20)37)17-7-4-6-16(13-17)32(39)40/h4-10,12-13,20-21,25-26,36,39-40H,3,11,14H2,1-2H3. The van der Waals surface area contributed by atoms with Crippen LogP contribution in [-0.4, -0.2) is 52.3 Å². The van der Waals surface area contributed by atoms with Crippen LogP contribution >= 0.6 is 0 Å². The molecule has 2 aromatic carbocycles. The van der Waals surface area contributed by atoms with Crippen LogP contribution in [0.1, 0.15) is 38.2 Å². The zero-order valence-electron chi connectivity index (χ0n) is 22.5. The van der Waals surface area contributed by atoms with Gasteiger partial charge in [0.15, 0.2) is 23.1 Å². The highest BCUT2D eigenvalue weighted by molar-refractivity contribution is 6.58. The van der Waals surface area contributed by atoms with Crippen LogP contribution < -0.4 is 15.1 Å². The van der Waals surface area contributed by atoms with Crippen LogP contribution in [-0.2, 0) is 19.2 Å². The topological polar surface area (TPSA) is 141 Å². The second kappa shape index (κ2) is 9.97. The summed E-state index contributed by atoms with van der Waals surface area (Å²) in [4.78, 5) is 55.6. The van der Waals surface area contributed by atoms with Crippen LogP contribution in [0.25, 0.3) is 0 Å². The predicted molar refractivity (Wildman–Crippen MR) is 149 cm³/mol. The van der Waals surface area contributed by atoms with Gasteiger partial charge in [0.05, 0.1) is 24.1 Å². The van der Waals surface area contributed by atoms with Crippen molar-refractivity contribution in [2.45, 2.75) is 32.6 Å². The number of carbonyl (C=O) groups is 4. The van der Waals surface area contributed by atoms with E-state index in [4.69, 9.17) is 4.74 Å². The summed E-state index contributed by atoms with van der Waals surface area (Å²) in [6.07, 6.45) is 3.54. The SMILES string of the molecule is CCOc1cccc(C2C3=CCC4C(=O)N(c5cccc(B(O)O)c5)C(=O)C4C3CC3=C2C(=O)C=C(C)C3=O)c1O. The number of hydrogen-bond donors (Lipinski definition) is 3. The number of nitrogens with zero attached hydrogens (tertiary/aromatic N) is 1. The smallest absolute Gasteiger partial charge is 0.488 e. The fraction of sp³-hybridized carbons (Fsp3) is 0.290. The first-order valence-electron chi connectivity index (χ1n) is 13.6. The van der Waals surface area contributed by atoms with Crippen molar-refractivity contribution >= 4 is 41.6 Å². The van der Waals surface area contributed by atoms with Gasteiger partial charge in [-0.15, -0.1) is 0 Å². The molecular weight excluding hydrogens is 525 g/mol. The van der Waals surface area contributed by atoms with Crippen molar-refractivity contribution in [3.05, 3.63) is 82.5 Å². The lowest BCUT2D eigenvalue weighted by Crippen LogP contribution is -2.40. The average molecular weight is 553 g/mol. The summed E-state index contributed by atoms with van der Waals surface area (Å²) >= 11 is 0. The Morgan fingerprint density at radius 3 is 2.51 bits per heavy atom. The number of fused-ring (bicyclic) bond motifs is 3. The average Bonchev–Trinajstić information content (AvgIpc) is 3.21. The van der Waals surface area contributed by atoms with E-state index >= 15 is 0 Å². The first kappa shape index (κ1) is 26.9. The van der Waals surface area contributed by atoms with E-state index in [2.05, 4.69) is 0 Å². The molecule has 0 bridgehead atoms. The number of ketones is 2. The Bertz CT molecular complexity index is 1620. The molecule has 3 N–H and O–H groups in total. The van der Waals surface area contributed by atoms with Crippen LogP contribution in [0.3, 0.4) is 0 Å². The van der Waals surface area contributed by atoms with E-state index in [1.54, 1.807) is 44.2 Å². The summed E-state index contributed by atoms with van der Waals surface area (Å²) in [6.45, 7) is 3.68. The van der Waals surface area contributed by atoms with Gasteiger partial charge in [-0.1, -0.05) is 35.9 Å². The van der Waals surface area contributed by atoms with E-state index in [0.29, 0.717) is 28.9 Å². The largest absolute Gasteiger partial charge is 0.504 e. The Morgan fingerprint density at radius 1 is 1.02 bits per heavy atom. The van der Waals surface area contributed by atoms with Crippen molar-refractivity contribution < 1.29 is 39.1 Å². The number of carbonyl (C=O) groups excluding carboxylic acids is 4. The van der Waals surface area contributed by atoms with E-state index in [1.807, 2.05) is 6.08 Å². The van der Waals surface area contributed by atoms with Crippen molar-refractivity contribution in [3.63, 3.8) is 0 Å².